The molecule has 0 rings (SSSR count). The summed E-state index contributed by atoms with van der Waals surface area (Å²) in [7, 11) is 0. The van der Waals surface area contributed by atoms with E-state index in [1.807, 2.05) is 0 Å². The first-order valence-electron chi connectivity index (χ1n) is 2.76. The van der Waals surface area contributed by atoms with Crippen molar-refractivity contribution in [2.75, 3.05) is 0 Å². The molecule has 11 heavy (non-hydrogen) atoms. The van der Waals surface area contributed by atoms with Crippen LogP contribution in [0.5, 0.6) is 0 Å². The number of allylic oxidation sites excluding steroid dienone is 1. The lowest BCUT2D eigenvalue weighted by Gasteiger charge is -2.00. The largest absolute Gasteiger partial charge is 0.511 e. The van der Waals surface area contributed by atoms with Gasteiger partial charge in [-0.05, 0) is 13.8 Å². The number of carboxylic acids is 1. The van der Waals surface area contributed by atoms with Crippen molar-refractivity contribution >= 4 is 12.1 Å². The molecule has 0 saturated heterocycles. The first-order valence-corrected chi connectivity index (χ1v) is 2.76. The minimum Gasteiger partial charge on any atom is -0.478 e. The second-order valence-electron chi connectivity index (χ2n) is 1.85. The normalized spacial score (nSPS) is 11.8. The molecule has 5 heteroatoms. The average Bonchev–Trinajstić information content (AvgIpc) is 1.84. The second kappa shape index (κ2) is 3.60. The number of hydrogen-bond acceptors (Lipinski definition) is 3. The Morgan fingerprint density at radius 1 is 1.18 bits per heavy atom. The highest BCUT2D eigenvalue weighted by atomic mass is 16.7. The first-order chi connectivity index (χ1) is 4.95. The Bertz CT molecular complexity index is 215. The van der Waals surface area contributed by atoms with Gasteiger partial charge >= 0.3 is 12.1 Å². The first kappa shape index (κ1) is 9.48. The van der Waals surface area contributed by atoms with Gasteiger partial charge in [0.15, 0.2) is 0 Å². The fourth-order valence-electron chi connectivity index (χ4n) is 0.358. The molecule has 0 aromatic rings. The summed E-state index contributed by atoms with van der Waals surface area (Å²) < 4.78 is 4.09. The molecule has 0 aromatic heterocycles. The molecule has 5 nitrogen and oxygen atoms in total. The van der Waals surface area contributed by atoms with Gasteiger partial charge < -0.3 is 14.9 Å². The molecule has 2 N–H and O–H groups in total. The molecule has 0 heterocycles. The van der Waals surface area contributed by atoms with Crippen molar-refractivity contribution in [3.05, 3.63) is 11.3 Å². The van der Waals surface area contributed by atoms with E-state index >= 15 is 0 Å². The lowest BCUT2D eigenvalue weighted by Crippen LogP contribution is -2.05. The maximum Gasteiger partial charge on any atom is 0.511 e. The zero-order valence-electron chi connectivity index (χ0n) is 6.12. The molecule has 0 spiro atoms. The summed E-state index contributed by atoms with van der Waals surface area (Å²) >= 11 is 0. The van der Waals surface area contributed by atoms with Crippen molar-refractivity contribution in [1.29, 1.82) is 0 Å². The van der Waals surface area contributed by atoms with E-state index in [1.54, 1.807) is 0 Å². The molecule has 0 aliphatic heterocycles. The van der Waals surface area contributed by atoms with Crippen LogP contribution in [0.1, 0.15) is 13.8 Å². The highest BCUT2D eigenvalue weighted by Crippen LogP contribution is 2.04. The van der Waals surface area contributed by atoms with Gasteiger partial charge in [0, 0.05) is 0 Å². The molecule has 0 fully saturated rings. The summed E-state index contributed by atoms with van der Waals surface area (Å²) in [5.41, 5.74) is -0.118. The van der Waals surface area contributed by atoms with Gasteiger partial charge in [-0.1, -0.05) is 0 Å². The van der Waals surface area contributed by atoms with Gasteiger partial charge in [-0.15, -0.1) is 0 Å². The lowest BCUT2D eigenvalue weighted by molar-refractivity contribution is -0.132. The Labute approximate surface area is 62.9 Å². The Kier molecular flexibility index (Phi) is 3.10. The molecular weight excluding hydrogens is 152 g/mol. The minimum atomic E-state index is -1.51. The van der Waals surface area contributed by atoms with Gasteiger partial charge in [0.2, 0.25) is 0 Å². The van der Waals surface area contributed by atoms with E-state index in [-0.39, 0.29) is 11.3 Å². The number of ether oxygens (including phenoxy) is 1. The van der Waals surface area contributed by atoms with E-state index < -0.39 is 12.1 Å². The predicted molar refractivity (Wildman–Crippen MR) is 35.1 cm³/mol. The molecule has 0 aliphatic rings. The molecule has 0 aliphatic carbocycles. The van der Waals surface area contributed by atoms with Crippen LogP contribution in [0.15, 0.2) is 11.3 Å². The highest BCUT2D eigenvalue weighted by molar-refractivity contribution is 5.86. The van der Waals surface area contributed by atoms with E-state index in [1.165, 1.54) is 13.8 Å². The molecule has 0 bridgehead atoms. The van der Waals surface area contributed by atoms with E-state index in [0.717, 1.165) is 0 Å². The fourth-order valence-corrected chi connectivity index (χ4v) is 0.358. The van der Waals surface area contributed by atoms with Crippen LogP contribution in [0.25, 0.3) is 0 Å². The van der Waals surface area contributed by atoms with E-state index in [4.69, 9.17) is 10.2 Å². The molecule has 0 amide bonds. The SMILES string of the molecule is C/C(OC(=O)O)=C(\C)C(=O)O. The van der Waals surface area contributed by atoms with Gasteiger partial charge in [0.25, 0.3) is 0 Å². The zero-order valence-corrected chi connectivity index (χ0v) is 6.12. The Morgan fingerprint density at radius 2 is 1.64 bits per heavy atom. The number of carbonyl (C=O) groups is 2. The summed E-state index contributed by atoms with van der Waals surface area (Å²) in [6.45, 7) is 2.54. The van der Waals surface area contributed by atoms with Crippen LogP contribution in [0, 0.1) is 0 Å². The van der Waals surface area contributed by atoms with Crippen LogP contribution in [-0.2, 0) is 9.53 Å². The highest BCUT2D eigenvalue weighted by Gasteiger charge is 2.08. The quantitative estimate of drug-likeness (QED) is 0.358. The second-order valence-corrected chi connectivity index (χ2v) is 1.85. The molecule has 0 aromatic carbocycles. The summed E-state index contributed by atoms with van der Waals surface area (Å²) in [6, 6.07) is 0. The predicted octanol–water partition coefficient (Wildman–Crippen LogP) is 1.06. The van der Waals surface area contributed by atoms with E-state index in [0.29, 0.717) is 0 Å². The molecular formula is C6H8O5. The Morgan fingerprint density at radius 3 is 1.91 bits per heavy atom. The smallest absolute Gasteiger partial charge is 0.478 e. The number of carboxylic acid groups (broad SMARTS) is 2. The third-order valence-electron chi connectivity index (χ3n) is 1.09. The lowest BCUT2D eigenvalue weighted by atomic mass is 10.3. The molecule has 62 valence electrons. The fraction of sp³-hybridized carbons (Fsp3) is 0.333. The maximum absolute atomic E-state index is 10.2. The topological polar surface area (TPSA) is 83.8 Å². The van der Waals surface area contributed by atoms with Crippen LogP contribution < -0.4 is 0 Å². The van der Waals surface area contributed by atoms with Crippen molar-refractivity contribution in [3.63, 3.8) is 0 Å². The summed E-state index contributed by atoms with van der Waals surface area (Å²) in [5.74, 6) is -1.31. The van der Waals surface area contributed by atoms with Crippen molar-refractivity contribution in [2.45, 2.75) is 13.8 Å². The van der Waals surface area contributed by atoms with Gasteiger partial charge in [-0.25, -0.2) is 9.59 Å². The summed E-state index contributed by atoms with van der Waals surface area (Å²) in [6.07, 6.45) is -1.51. The van der Waals surface area contributed by atoms with E-state index in [2.05, 4.69) is 4.74 Å². The number of rotatable bonds is 2. The van der Waals surface area contributed by atoms with Crippen LogP contribution in [0.3, 0.4) is 0 Å². The zero-order chi connectivity index (χ0) is 9.02. The van der Waals surface area contributed by atoms with Crippen molar-refractivity contribution in [2.24, 2.45) is 0 Å². The maximum atomic E-state index is 10.2. The standard InChI is InChI=1S/C6H8O5/c1-3(5(7)8)4(2)11-6(9)10/h1-2H3,(H,7,8)(H,9,10)/b4-3-. The Balaban J connectivity index is 4.40. The van der Waals surface area contributed by atoms with Crippen LogP contribution in [0.4, 0.5) is 4.79 Å². The average molecular weight is 160 g/mol. The van der Waals surface area contributed by atoms with Crippen molar-refractivity contribution in [1.82, 2.24) is 0 Å². The molecule has 0 atom stereocenters. The van der Waals surface area contributed by atoms with Gasteiger partial charge in [-0.2, -0.15) is 0 Å². The summed E-state index contributed by atoms with van der Waals surface area (Å²) in [4.78, 5) is 20.1. The molecule has 0 unspecified atom stereocenters. The third-order valence-corrected chi connectivity index (χ3v) is 1.09. The number of aliphatic carboxylic acids is 1. The van der Waals surface area contributed by atoms with Crippen molar-refractivity contribution < 1.29 is 24.5 Å². The van der Waals surface area contributed by atoms with Crippen LogP contribution >= 0.6 is 0 Å². The summed E-state index contributed by atoms with van der Waals surface area (Å²) in [5, 5.41) is 16.4. The monoisotopic (exact) mass is 160 g/mol. The van der Waals surface area contributed by atoms with Crippen LogP contribution in [0.2, 0.25) is 0 Å². The van der Waals surface area contributed by atoms with Gasteiger partial charge in [0.1, 0.15) is 5.76 Å². The molecule has 0 saturated carbocycles. The molecule has 0 radical (unpaired) electrons. The third kappa shape index (κ3) is 3.24. The minimum absolute atomic E-state index is 0.118. The van der Waals surface area contributed by atoms with Gasteiger partial charge in [0.05, 0.1) is 5.57 Å². The van der Waals surface area contributed by atoms with E-state index in [9.17, 15) is 9.59 Å². The Hall–Kier alpha value is -1.52. The van der Waals surface area contributed by atoms with Crippen LogP contribution in [-0.4, -0.2) is 22.3 Å². The number of hydrogen-bond donors (Lipinski definition) is 2. The van der Waals surface area contributed by atoms with Crippen molar-refractivity contribution in [3.8, 4) is 0 Å². The van der Waals surface area contributed by atoms with Gasteiger partial charge in [-0.3, -0.25) is 0 Å².